The monoisotopic (exact) mass is 272 g/mol. The second-order valence-electron chi connectivity index (χ2n) is 4.98. The number of aromatic nitrogens is 5. The number of nitrogens with zero attached hydrogens (tertiary/aromatic N) is 6. The largest absolute Gasteiger partial charge is 0.337 e. The van der Waals surface area contributed by atoms with E-state index < -0.39 is 0 Å². The average molecular weight is 272 g/mol. The Morgan fingerprint density at radius 2 is 2.30 bits per heavy atom. The van der Waals surface area contributed by atoms with Gasteiger partial charge in [-0.1, -0.05) is 0 Å². The number of aryl methyl sites for hydroxylation is 1. The number of amides is 1. The maximum Gasteiger partial charge on any atom is 0.274 e. The Balaban J connectivity index is 1.76. The van der Waals surface area contributed by atoms with Gasteiger partial charge < -0.3 is 9.47 Å². The molecule has 0 saturated carbocycles. The molecule has 3 rings (SSSR count). The fourth-order valence-electron chi connectivity index (χ4n) is 2.61. The predicted octanol–water partition coefficient (Wildman–Crippen LogP) is 0.625. The van der Waals surface area contributed by atoms with Crippen LogP contribution in [0.15, 0.2) is 24.9 Å². The summed E-state index contributed by atoms with van der Waals surface area (Å²) in [6, 6.07) is 0. The summed E-state index contributed by atoms with van der Waals surface area (Å²) in [4.78, 5) is 22.2. The summed E-state index contributed by atoms with van der Waals surface area (Å²) in [6.07, 6.45) is 8.29. The lowest BCUT2D eigenvalue weighted by molar-refractivity contribution is 0.0697. The molecule has 104 valence electrons. The molecule has 0 bridgehead atoms. The first-order valence-corrected chi connectivity index (χ1v) is 6.65. The lowest BCUT2D eigenvalue weighted by atomic mass is 9.97. The number of piperidine rings is 1. The van der Waals surface area contributed by atoms with E-state index in [0.29, 0.717) is 12.2 Å². The number of carbonyl (C=O) groups is 1. The van der Waals surface area contributed by atoms with Gasteiger partial charge in [-0.05, 0) is 12.8 Å². The van der Waals surface area contributed by atoms with Crippen LogP contribution in [0.2, 0.25) is 0 Å². The van der Waals surface area contributed by atoms with Gasteiger partial charge in [0.15, 0.2) is 0 Å². The Hall–Kier alpha value is -2.31. The number of rotatable bonds is 2. The molecule has 7 heteroatoms. The minimum absolute atomic E-state index is 0.0648. The van der Waals surface area contributed by atoms with E-state index in [1.165, 1.54) is 12.4 Å². The van der Waals surface area contributed by atoms with Gasteiger partial charge in [0, 0.05) is 38.4 Å². The molecule has 20 heavy (non-hydrogen) atoms. The van der Waals surface area contributed by atoms with Crippen molar-refractivity contribution in [1.29, 1.82) is 0 Å². The van der Waals surface area contributed by atoms with Crippen LogP contribution in [0.1, 0.15) is 35.1 Å². The molecule has 2 aromatic heterocycles. The van der Waals surface area contributed by atoms with Crippen LogP contribution in [0.4, 0.5) is 0 Å². The van der Waals surface area contributed by atoms with Crippen molar-refractivity contribution in [3.8, 4) is 0 Å². The number of hydrogen-bond acceptors (Lipinski definition) is 5. The Kier molecular flexibility index (Phi) is 3.41. The maximum atomic E-state index is 12.4. The van der Waals surface area contributed by atoms with E-state index in [-0.39, 0.29) is 11.8 Å². The molecule has 1 unspecified atom stereocenters. The van der Waals surface area contributed by atoms with E-state index in [1.54, 1.807) is 12.5 Å². The van der Waals surface area contributed by atoms with Gasteiger partial charge in [-0.2, -0.15) is 0 Å². The highest BCUT2D eigenvalue weighted by Crippen LogP contribution is 2.25. The van der Waals surface area contributed by atoms with E-state index in [9.17, 15) is 4.79 Å². The molecule has 1 amide bonds. The lowest BCUT2D eigenvalue weighted by Crippen LogP contribution is -2.40. The van der Waals surface area contributed by atoms with E-state index in [2.05, 4.69) is 20.2 Å². The average Bonchev–Trinajstić information content (AvgIpc) is 2.94. The molecule has 7 nitrogen and oxygen atoms in total. The smallest absolute Gasteiger partial charge is 0.274 e. The third kappa shape index (κ3) is 2.38. The molecule has 0 spiro atoms. The zero-order valence-corrected chi connectivity index (χ0v) is 11.3. The van der Waals surface area contributed by atoms with Gasteiger partial charge in [-0.3, -0.25) is 9.78 Å². The molecule has 0 radical (unpaired) electrons. The van der Waals surface area contributed by atoms with Crippen LogP contribution in [0.3, 0.4) is 0 Å². The summed E-state index contributed by atoms with van der Waals surface area (Å²) >= 11 is 0. The summed E-state index contributed by atoms with van der Waals surface area (Å²) in [6.45, 7) is 1.41. The predicted molar refractivity (Wildman–Crippen MR) is 70.9 cm³/mol. The van der Waals surface area contributed by atoms with Crippen molar-refractivity contribution in [3.63, 3.8) is 0 Å². The van der Waals surface area contributed by atoms with Gasteiger partial charge in [-0.15, -0.1) is 10.2 Å². The summed E-state index contributed by atoms with van der Waals surface area (Å²) in [5.41, 5.74) is 0.395. The van der Waals surface area contributed by atoms with E-state index in [0.717, 1.165) is 25.2 Å². The highest BCUT2D eigenvalue weighted by Gasteiger charge is 2.28. The molecule has 3 heterocycles. The van der Waals surface area contributed by atoms with Crippen LogP contribution < -0.4 is 0 Å². The van der Waals surface area contributed by atoms with Gasteiger partial charge in [0.2, 0.25) is 0 Å². The summed E-state index contributed by atoms with van der Waals surface area (Å²) in [5.74, 6) is 1.10. The maximum absolute atomic E-state index is 12.4. The van der Waals surface area contributed by atoms with Gasteiger partial charge in [0.05, 0.1) is 6.20 Å². The summed E-state index contributed by atoms with van der Waals surface area (Å²) in [5, 5.41) is 8.07. The normalized spacial score (nSPS) is 19.1. The molecule has 1 saturated heterocycles. The number of carbonyl (C=O) groups excluding carboxylic acids is 1. The van der Waals surface area contributed by atoms with Crippen molar-refractivity contribution in [1.82, 2.24) is 29.6 Å². The lowest BCUT2D eigenvalue weighted by Gasteiger charge is -2.31. The van der Waals surface area contributed by atoms with Gasteiger partial charge in [0.25, 0.3) is 5.91 Å². The Morgan fingerprint density at radius 1 is 1.40 bits per heavy atom. The first-order chi connectivity index (χ1) is 9.75. The molecular formula is C13H16N6O. The Labute approximate surface area is 116 Å². The molecule has 2 aromatic rings. The topological polar surface area (TPSA) is 76.8 Å². The number of likely N-dealkylation sites (tertiary alicyclic amines) is 1. The molecule has 1 atom stereocenters. The zero-order valence-electron chi connectivity index (χ0n) is 11.3. The fraction of sp³-hybridized carbons (Fsp3) is 0.462. The first kappa shape index (κ1) is 12.7. The minimum Gasteiger partial charge on any atom is -0.337 e. The SMILES string of the molecule is Cn1cnnc1C1CCCN(C(=O)c2cnccn2)C1. The van der Waals surface area contributed by atoms with Crippen molar-refractivity contribution < 1.29 is 4.79 Å². The van der Waals surface area contributed by atoms with Crippen LogP contribution in [0.5, 0.6) is 0 Å². The van der Waals surface area contributed by atoms with Crippen LogP contribution >= 0.6 is 0 Å². The van der Waals surface area contributed by atoms with Crippen LogP contribution in [0.25, 0.3) is 0 Å². The van der Waals surface area contributed by atoms with Crippen molar-refractivity contribution in [3.05, 3.63) is 36.4 Å². The van der Waals surface area contributed by atoms with Gasteiger partial charge in [0.1, 0.15) is 17.8 Å². The second kappa shape index (κ2) is 5.36. The highest BCUT2D eigenvalue weighted by molar-refractivity contribution is 5.92. The van der Waals surface area contributed by atoms with E-state index >= 15 is 0 Å². The number of hydrogen-bond donors (Lipinski definition) is 0. The Morgan fingerprint density at radius 3 is 3.00 bits per heavy atom. The zero-order chi connectivity index (χ0) is 13.9. The van der Waals surface area contributed by atoms with Crippen molar-refractivity contribution in [2.45, 2.75) is 18.8 Å². The second-order valence-corrected chi connectivity index (χ2v) is 4.98. The quantitative estimate of drug-likeness (QED) is 0.801. The molecular weight excluding hydrogens is 256 g/mol. The third-order valence-electron chi connectivity index (χ3n) is 3.60. The molecule has 0 aliphatic carbocycles. The Bertz CT molecular complexity index is 596. The third-order valence-corrected chi connectivity index (χ3v) is 3.60. The molecule has 1 aliphatic rings. The highest BCUT2D eigenvalue weighted by atomic mass is 16.2. The van der Waals surface area contributed by atoms with Crippen molar-refractivity contribution >= 4 is 5.91 Å². The van der Waals surface area contributed by atoms with Gasteiger partial charge >= 0.3 is 0 Å². The van der Waals surface area contributed by atoms with E-state index in [4.69, 9.17) is 0 Å². The standard InChI is InChI=1S/C13H16N6O/c1-18-9-16-17-12(18)10-3-2-6-19(8-10)13(20)11-7-14-4-5-15-11/h4-5,7,9-10H,2-3,6,8H2,1H3. The van der Waals surface area contributed by atoms with Gasteiger partial charge in [-0.25, -0.2) is 4.98 Å². The minimum atomic E-state index is -0.0648. The molecule has 1 aliphatic heterocycles. The van der Waals surface area contributed by atoms with Crippen LogP contribution in [-0.2, 0) is 7.05 Å². The molecule has 1 fully saturated rings. The van der Waals surface area contributed by atoms with Crippen molar-refractivity contribution in [2.75, 3.05) is 13.1 Å². The molecule has 0 aromatic carbocycles. The van der Waals surface area contributed by atoms with Crippen molar-refractivity contribution in [2.24, 2.45) is 7.05 Å². The van der Waals surface area contributed by atoms with E-state index in [1.807, 2.05) is 16.5 Å². The molecule has 0 N–H and O–H groups in total. The fourth-order valence-corrected chi connectivity index (χ4v) is 2.61. The van der Waals surface area contributed by atoms with Crippen LogP contribution in [0, 0.1) is 0 Å². The van der Waals surface area contributed by atoms with Crippen LogP contribution in [-0.4, -0.2) is 48.6 Å². The first-order valence-electron chi connectivity index (χ1n) is 6.65. The summed E-state index contributed by atoms with van der Waals surface area (Å²) < 4.78 is 1.92. The summed E-state index contributed by atoms with van der Waals surface area (Å²) in [7, 11) is 1.93.